The van der Waals surface area contributed by atoms with Crippen molar-refractivity contribution in [2.75, 3.05) is 6.61 Å². The average Bonchev–Trinajstić information content (AvgIpc) is 2.99. The lowest BCUT2D eigenvalue weighted by Gasteiger charge is -2.40. The summed E-state index contributed by atoms with van der Waals surface area (Å²) in [7, 11) is 0. The van der Waals surface area contributed by atoms with Crippen LogP contribution in [-0.2, 0) is 19.1 Å². The highest BCUT2D eigenvalue weighted by atomic mass is 16.8. The SMILES string of the molecule is CC(=O)N[C@H]1[C@H]([C@H](O)[C@H](O)CO)O[C@]2(C[C@@H]1O)OC2=O. The lowest BCUT2D eigenvalue weighted by molar-refractivity contribution is -0.216. The number of hydrogen-bond acceptors (Lipinski definition) is 8. The molecule has 0 aromatic heterocycles. The van der Waals surface area contributed by atoms with Gasteiger partial charge in [-0.05, 0) is 0 Å². The van der Waals surface area contributed by atoms with Gasteiger partial charge in [-0.25, -0.2) is 4.79 Å². The van der Waals surface area contributed by atoms with Crippen molar-refractivity contribution in [1.29, 1.82) is 0 Å². The molecule has 0 unspecified atom stereocenters. The number of ether oxygens (including phenoxy) is 2. The second kappa shape index (κ2) is 5.26. The van der Waals surface area contributed by atoms with Crippen LogP contribution >= 0.6 is 0 Å². The largest absolute Gasteiger partial charge is 0.416 e. The van der Waals surface area contributed by atoms with E-state index in [9.17, 15) is 24.9 Å². The highest BCUT2D eigenvalue weighted by Crippen LogP contribution is 2.42. The molecule has 6 atom stereocenters. The van der Waals surface area contributed by atoms with Gasteiger partial charge in [0.05, 0.1) is 25.2 Å². The van der Waals surface area contributed by atoms with Crippen LogP contribution in [0.3, 0.4) is 0 Å². The molecule has 9 nitrogen and oxygen atoms in total. The van der Waals surface area contributed by atoms with Crippen LogP contribution in [0.15, 0.2) is 0 Å². The van der Waals surface area contributed by atoms with Gasteiger partial charge in [0, 0.05) is 6.92 Å². The molecule has 2 aliphatic heterocycles. The van der Waals surface area contributed by atoms with Gasteiger partial charge >= 0.3 is 11.8 Å². The minimum atomic E-state index is -1.63. The summed E-state index contributed by atoms with van der Waals surface area (Å²) in [6.07, 6.45) is -5.84. The molecule has 0 bridgehead atoms. The van der Waals surface area contributed by atoms with E-state index < -0.39 is 54.7 Å². The number of carbonyl (C=O) groups excluding carboxylic acids is 2. The molecule has 2 fully saturated rings. The number of aliphatic hydroxyl groups is 4. The van der Waals surface area contributed by atoms with Crippen molar-refractivity contribution in [2.24, 2.45) is 0 Å². The number of epoxide rings is 1. The number of carbonyl (C=O) groups is 2. The number of amides is 1. The molecule has 2 aliphatic rings. The van der Waals surface area contributed by atoms with Crippen LogP contribution in [0.4, 0.5) is 0 Å². The van der Waals surface area contributed by atoms with Gasteiger partial charge in [0.25, 0.3) is 0 Å². The van der Waals surface area contributed by atoms with E-state index in [0.717, 1.165) is 0 Å². The Hall–Kier alpha value is -1.26. The summed E-state index contributed by atoms with van der Waals surface area (Å²) >= 11 is 0. The Morgan fingerprint density at radius 3 is 2.60 bits per heavy atom. The van der Waals surface area contributed by atoms with Crippen molar-refractivity contribution in [3.63, 3.8) is 0 Å². The van der Waals surface area contributed by atoms with Crippen molar-refractivity contribution >= 4 is 11.9 Å². The number of rotatable bonds is 4. The van der Waals surface area contributed by atoms with E-state index in [2.05, 4.69) is 10.1 Å². The summed E-state index contributed by atoms with van der Waals surface area (Å²) in [5.74, 6) is -2.80. The Bertz CT molecular complexity index is 415. The fourth-order valence-electron chi connectivity index (χ4n) is 2.31. The Morgan fingerprint density at radius 2 is 2.15 bits per heavy atom. The van der Waals surface area contributed by atoms with Crippen molar-refractivity contribution < 1.29 is 39.5 Å². The van der Waals surface area contributed by atoms with Crippen molar-refractivity contribution in [2.45, 2.75) is 49.6 Å². The standard InChI is InChI=1S/C11H17NO8/c1-4(14)12-7-5(15)2-11(10(18)20-11)19-9(7)8(17)6(16)3-13/h5-9,13,15-17H,2-3H2,1H3,(H,12,14)/t5-,6+,7+,8+,9+,11+/m0/s1. The van der Waals surface area contributed by atoms with E-state index in [1.165, 1.54) is 6.92 Å². The number of nitrogens with one attached hydrogen (secondary N) is 1. The average molecular weight is 291 g/mol. The molecule has 9 heteroatoms. The molecule has 1 spiro atoms. The van der Waals surface area contributed by atoms with Crippen LogP contribution in [0.1, 0.15) is 13.3 Å². The van der Waals surface area contributed by atoms with E-state index in [0.29, 0.717) is 0 Å². The molecule has 2 heterocycles. The Morgan fingerprint density at radius 1 is 1.55 bits per heavy atom. The lowest BCUT2D eigenvalue weighted by Crippen LogP contribution is -2.63. The van der Waals surface area contributed by atoms with Crippen LogP contribution in [-0.4, -0.2) is 75.2 Å². The molecule has 20 heavy (non-hydrogen) atoms. The third-order valence-electron chi connectivity index (χ3n) is 3.39. The predicted octanol–water partition coefficient (Wildman–Crippen LogP) is -3.39. The van der Waals surface area contributed by atoms with Crippen LogP contribution < -0.4 is 5.32 Å². The zero-order chi connectivity index (χ0) is 15.1. The molecular formula is C11H17NO8. The van der Waals surface area contributed by atoms with Crippen LogP contribution in [0.25, 0.3) is 0 Å². The quantitative estimate of drug-likeness (QED) is 0.337. The van der Waals surface area contributed by atoms with Gasteiger partial charge in [-0.1, -0.05) is 0 Å². The summed E-state index contributed by atoms with van der Waals surface area (Å²) in [6, 6.07) is -1.04. The minimum Gasteiger partial charge on any atom is -0.416 e. The predicted molar refractivity (Wildman–Crippen MR) is 61.0 cm³/mol. The molecule has 114 valence electrons. The van der Waals surface area contributed by atoms with Crippen LogP contribution in [0.5, 0.6) is 0 Å². The molecule has 0 saturated carbocycles. The van der Waals surface area contributed by atoms with Gasteiger partial charge in [0.1, 0.15) is 18.3 Å². The van der Waals surface area contributed by atoms with Gasteiger partial charge < -0.3 is 35.2 Å². The number of hydrogen-bond donors (Lipinski definition) is 5. The summed E-state index contributed by atoms with van der Waals surface area (Å²) in [5.41, 5.74) is 0. The summed E-state index contributed by atoms with van der Waals surface area (Å²) < 4.78 is 9.97. The molecule has 0 aliphatic carbocycles. The first-order valence-electron chi connectivity index (χ1n) is 6.14. The Kier molecular flexibility index (Phi) is 3.98. The maximum atomic E-state index is 11.2. The van der Waals surface area contributed by atoms with E-state index >= 15 is 0 Å². The van der Waals surface area contributed by atoms with Gasteiger partial charge in [-0.15, -0.1) is 0 Å². The maximum absolute atomic E-state index is 11.2. The highest BCUT2D eigenvalue weighted by molar-refractivity contribution is 5.91. The zero-order valence-electron chi connectivity index (χ0n) is 10.7. The van der Waals surface area contributed by atoms with E-state index in [-0.39, 0.29) is 6.42 Å². The molecular weight excluding hydrogens is 274 g/mol. The van der Waals surface area contributed by atoms with E-state index in [4.69, 9.17) is 9.84 Å². The van der Waals surface area contributed by atoms with Gasteiger partial charge in [-0.3, -0.25) is 4.79 Å². The molecule has 0 radical (unpaired) electrons. The molecule has 2 rings (SSSR count). The minimum absolute atomic E-state index is 0.185. The van der Waals surface area contributed by atoms with Crippen LogP contribution in [0, 0.1) is 0 Å². The molecule has 0 aromatic rings. The van der Waals surface area contributed by atoms with Gasteiger partial charge in [-0.2, -0.15) is 0 Å². The Balaban J connectivity index is 2.20. The second-order valence-electron chi connectivity index (χ2n) is 4.96. The van der Waals surface area contributed by atoms with Crippen molar-refractivity contribution in [3.8, 4) is 0 Å². The fraction of sp³-hybridized carbons (Fsp3) is 0.818. The highest BCUT2D eigenvalue weighted by Gasteiger charge is 2.67. The monoisotopic (exact) mass is 291 g/mol. The maximum Gasteiger partial charge on any atom is 0.382 e. The molecule has 1 amide bonds. The third-order valence-corrected chi connectivity index (χ3v) is 3.39. The van der Waals surface area contributed by atoms with Crippen molar-refractivity contribution in [1.82, 2.24) is 5.32 Å². The van der Waals surface area contributed by atoms with Crippen molar-refractivity contribution in [3.05, 3.63) is 0 Å². The first-order valence-corrected chi connectivity index (χ1v) is 6.14. The first kappa shape index (κ1) is 15.1. The van der Waals surface area contributed by atoms with Gasteiger partial charge in [0.15, 0.2) is 0 Å². The third kappa shape index (κ3) is 2.63. The summed E-state index contributed by atoms with van der Waals surface area (Å²) in [6.45, 7) is 0.466. The van der Waals surface area contributed by atoms with Gasteiger partial charge in [0.2, 0.25) is 5.91 Å². The van der Waals surface area contributed by atoms with E-state index in [1.807, 2.05) is 0 Å². The van der Waals surface area contributed by atoms with Crippen LogP contribution in [0.2, 0.25) is 0 Å². The molecule has 0 aromatic carbocycles. The zero-order valence-corrected chi connectivity index (χ0v) is 10.7. The topological polar surface area (TPSA) is 149 Å². The second-order valence-corrected chi connectivity index (χ2v) is 4.96. The molecule has 5 N–H and O–H groups in total. The number of aliphatic hydroxyl groups excluding tert-OH is 4. The molecule has 2 saturated heterocycles. The smallest absolute Gasteiger partial charge is 0.382 e. The fourth-order valence-corrected chi connectivity index (χ4v) is 2.31. The first-order chi connectivity index (χ1) is 9.30. The lowest BCUT2D eigenvalue weighted by atomic mass is 9.90. The normalized spacial score (nSPS) is 39.0. The summed E-state index contributed by atoms with van der Waals surface area (Å²) in [4.78, 5) is 22.3. The van der Waals surface area contributed by atoms with E-state index in [1.54, 1.807) is 0 Å². The summed E-state index contributed by atoms with van der Waals surface area (Å²) in [5, 5.41) is 40.6. The Labute approximate surface area is 114 Å².